The van der Waals surface area contributed by atoms with Gasteiger partial charge in [-0.25, -0.2) is 13.6 Å². The summed E-state index contributed by atoms with van der Waals surface area (Å²) in [5.74, 6) is 0. The van der Waals surface area contributed by atoms with Crippen LogP contribution in [0.1, 0.15) is 25.0 Å². The Kier molecular flexibility index (Phi) is 4.95. The third-order valence-electron chi connectivity index (χ3n) is 3.43. The molecule has 5 nitrogen and oxygen atoms in total. The lowest BCUT2D eigenvalue weighted by atomic mass is 10.1. The van der Waals surface area contributed by atoms with Gasteiger partial charge in [-0.1, -0.05) is 0 Å². The molecule has 0 aliphatic rings. The van der Waals surface area contributed by atoms with Crippen LogP contribution in [-0.4, -0.2) is 27.7 Å². The highest BCUT2D eigenvalue weighted by atomic mass is 32.2. The van der Waals surface area contributed by atoms with E-state index in [2.05, 4.69) is 5.32 Å². The number of nitrogens with one attached hydrogen (secondary N) is 1. The average Bonchev–Trinajstić information content (AvgIpc) is 2.32. The summed E-state index contributed by atoms with van der Waals surface area (Å²) in [6.07, 6.45) is 0.0119. The van der Waals surface area contributed by atoms with Gasteiger partial charge in [0.1, 0.15) is 0 Å². The smallest absolute Gasteiger partial charge is 0.238 e. The largest absolute Gasteiger partial charge is 0.380 e. The van der Waals surface area contributed by atoms with Crippen molar-refractivity contribution in [3.63, 3.8) is 0 Å². The Balaban J connectivity index is 3.17. The summed E-state index contributed by atoms with van der Waals surface area (Å²) in [7, 11) is -2.06. The van der Waals surface area contributed by atoms with Crippen LogP contribution >= 0.6 is 0 Å². The normalized spacial score (nSPS) is 15.1. The topological polar surface area (TPSA) is 81.4 Å². The molecule has 2 atom stereocenters. The second-order valence-electron chi connectivity index (χ2n) is 4.83. The van der Waals surface area contributed by atoms with Crippen LogP contribution in [-0.2, 0) is 14.8 Å². The van der Waals surface area contributed by atoms with Crippen molar-refractivity contribution in [2.24, 2.45) is 5.14 Å². The van der Waals surface area contributed by atoms with Gasteiger partial charge in [-0.2, -0.15) is 0 Å². The molecule has 0 aromatic heterocycles. The Morgan fingerprint density at radius 2 is 1.84 bits per heavy atom. The number of primary sulfonamides is 1. The maximum absolute atomic E-state index is 11.4. The van der Waals surface area contributed by atoms with Crippen molar-refractivity contribution in [3.8, 4) is 0 Å². The molecule has 3 N–H and O–H groups in total. The van der Waals surface area contributed by atoms with E-state index in [1.165, 1.54) is 0 Å². The molecular formula is C13H22N2O3S. The van der Waals surface area contributed by atoms with Crippen LogP contribution in [0.4, 0.5) is 5.69 Å². The molecule has 0 aliphatic heterocycles. The fourth-order valence-electron chi connectivity index (χ4n) is 1.71. The SMILES string of the molecule is COC(C)C(C)Nc1cc(S(N)(=O)=O)cc(C)c1C. The summed E-state index contributed by atoms with van der Waals surface area (Å²) in [5, 5.41) is 8.45. The number of methoxy groups -OCH3 is 1. The number of aryl methyl sites for hydroxylation is 1. The van der Waals surface area contributed by atoms with Gasteiger partial charge in [-0.05, 0) is 51.0 Å². The lowest BCUT2D eigenvalue weighted by Gasteiger charge is -2.23. The van der Waals surface area contributed by atoms with E-state index in [9.17, 15) is 8.42 Å². The van der Waals surface area contributed by atoms with Gasteiger partial charge >= 0.3 is 0 Å². The third-order valence-corrected chi connectivity index (χ3v) is 4.32. The van der Waals surface area contributed by atoms with Crippen LogP contribution in [0.2, 0.25) is 0 Å². The van der Waals surface area contributed by atoms with Crippen molar-refractivity contribution in [2.45, 2.75) is 44.7 Å². The minimum absolute atomic E-state index is 0.0119. The van der Waals surface area contributed by atoms with Gasteiger partial charge in [0.25, 0.3) is 0 Å². The van der Waals surface area contributed by atoms with Gasteiger partial charge < -0.3 is 10.1 Å². The zero-order chi connectivity index (χ0) is 14.8. The van der Waals surface area contributed by atoms with Crippen molar-refractivity contribution >= 4 is 15.7 Å². The van der Waals surface area contributed by atoms with E-state index in [4.69, 9.17) is 9.88 Å². The zero-order valence-electron chi connectivity index (χ0n) is 12.0. The maximum atomic E-state index is 11.4. The molecule has 2 unspecified atom stereocenters. The van der Waals surface area contributed by atoms with Crippen molar-refractivity contribution in [1.29, 1.82) is 0 Å². The first-order valence-corrected chi connectivity index (χ1v) is 7.64. The molecule has 0 saturated carbocycles. The van der Waals surface area contributed by atoms with Gasteiger partial charge in [0.2, 0.25) is 10.0 Å². The van der Waals surface area contributed by atoms with E-state index in [-0.39, 0.29) is 17.0 Å². The first-order valence-electron chi connectivity index (χ1n) is 6.10. The van der Waals surface area contributed by atoms with E-state index in [1.807, 2.05) is 27.7 Å². The van der Waals surface area contributed by atoms with Crippen LogP contribution in [0.3, 0.4) is 0 Å². The second-order valence-corrected chi connectivity index (χ2v) is 6.39. The summed E-state index contributed by atoms with van der Waals surface area (Å²) in [6, 6.07) is 3.20. The van der Waals surface area contributed by atoms with Crippen molar-refractivity contribution in [3.05, 3.63) is 23.3 Å². The van der Waals surface area contributed by atoms with Gasteiger partial charge in [-0.3, -0.25) is 0 Å². The molecule has 1 aromatic carbocycles. The van der Waals surface area contributed by atoms with Crippen LogP contribution in [0, 0.1) is 13.8 Å². The molecule has 0 aliphatic carbocycles. The molecule has 19 heavy (non-hydrogen) atoms. The highest BCUT2D eigenvalue weighted by Gasteiger charge is 2.16. The number of sulfonamides is 1. The van der Waals surface area contributed by atoms with E-state index >= 15 is 0 Å². The Bertz CT molecular complexity index is 555. The Labute approximate surface area is 115 Å². The number of anilines is 1. The lowest BCUT2D eigenvalue weighted by molar-refractivity contribution is 0.106. The fourth-order valence-corrected chi connectivity index (χ4v) is 2.33. The Morgan fingerprint density at radius 3 is 2.32 bits per heavy atom. The predicted octanol–water partition coefficient (Wildman–Crippen LogP) is 1.79. The first-order chi connectivity index (χ1) is 8.66. The number of hydrogen-bond donors (Lipinski definition) is 2. The number of hydrogen-bond acceptors (Lipinski definition) is 4. The quantitative estimate of drug-likeness (QED) is 0.864. The number of rotatable bonds is 5. The third kappa shape index (κ3) is 3.92. The van der Waals surface area contributed by atoms with E-state index in [0.717, 1.165) is 16.8 Å². The summed E-state index contributed by atoms with van der Waals surface area (Å²) < 4.78 is 28.1. The molecule has 1 rings (SSSR count). The first kappa shape index (κ1) is 15.9. The van der Waals surface area contributed by atoms with Gasteiger partial charge in [0.15, 0.2) is 0 Å². The fraction of sp³-hybridized carbons (Fsp3) is 0.538. The predicted molar refractivity (Wildman–Crippen MR) is 76.8 cm³/mol. The molecule has 0 spiro atoms. The summed E-state index contributed by atoms with van der Waals surface area (Å²) >= 11 is 0. The highest BCUT2D eigenvalue weighted by molar-refractivity contribution is 7.89. The number of benzene rings is 1. The van der Waals surface area contributed by atoms with Gasteiger partial charge in [0.05, 0.1) is 11.0 Å². The van der Waals surface area contributed by atoms with Crippen LogP contribution in [0.15, 0.2) is 17.0 Å². The molecule has 0 bridgehead atoms. The molecule has 108 valence electrons. The molecule has 0 heterocycles. The molecule has 0 saturated heterocycles. The van der Waals surface area contributed by atoms with E-state index in [1.54, 1.807) is 19.2 Å². The second kappa shape index (κ2) is 5.90. The minimum atomic E-state index is -3.70. The average molecular weight is 286 g/mol. The number of ether oxygens (including phenoxy) is 1. The summed E-state index contributed by atoms with van der Waals surface area (Å²) in [4.78, 5) is 0.121. The minimum Gasteiger partial charge on any atom is -0.380 e. The monoisotopic (exact) mass is 286 g/mol. The molecule has 6 heteroatoms. The molecule has 1 aromatic rings. The maximum Gasteiger partial charge on any atom is 0.238 e. The van der Waals surface area contributed by atoms with Gasteiger partial charge in [-0.15, -0.1) is 0 Å². The van der Waals surface area contributed by atoms with Crippen molar-refractivity contribution in [1.82, 2.24) is 0 Å². The lowest BCUT2D eigenvalue weighted by Crippen LogP contribution is -2.30. The molecule has 0 amide bonds. The number of nitrogens with two attached hydrogens (primary N) is 1. The molecule has 0 radical (unpaired) electrons. The van der Waals surface area contributed by atoms with E-state index in [0.29, 0.717) is 0 Å². The van der Waals surface area contributed by atoms with Crippen LogP contribution in [0.5, 0.6) is 0 Å². The summed E-state index contributed by atoms with van der Waals surface area (Å²) in [5.41, 5.74) is 2.65. The van der Waals surface area contributed by atoms with Gasteiger partial charge in [0, 0.05) is 18.8 Å². The summed E-state index contributed by atoms with van der Waals surface area (Å²) in [6.45, 7) is 7.73. The van der Waals surface area contributed by atoms with E-state index < -0.39 is 10.0 Å². The Hall–Kier alpha value is -1.11. The van der Waals surface area contributed by atoms with Crippen molar-refractivity contribution < 1.29 is 13.2 Å². The standard InChI is InChI=1S/C13H22N2O3S/c1-8-6-12(19(14,16)17)7-13(9(8)2)15-10(3)11(4)18-5/h6-7,10-11,15H,1-5H3,(H2,14,16,17). The Morgan fingerprint density at radius 1 is 1.26 bits per heavy atom. The van der Waals surface area contributed by atoms with Crippen LogP contribution in [0.25, 0.3) is 0 Å². The van der Waals surface area contributed by atoms with Crippen LogP contribution < -0.4 is 10.5 Å². The highest BCUT2D eigenvalue weighted by Crippen LogP contribution is 2.24. The zero-order valence-corrected chi connectivity index (χ0v) is 12.8. The molecular weight excluding hydrogens is 264 g/mol. The molecule has 0 fully saturated rings. The van der Waals surface area contributed by atoms with Crippen molar-refractivity contribution in [2.75, 3.05) is 12.4 Å².